The van der Waals surface area contributed by atoms with Gasteiger partial charge in [-0.2, -0.15) is 0 Å². The van der Waals surface area contributed by atoms with Gasteiger partial charge in [0.15, 0.2) is 0 Å². The van der Waals surface area contributed by atoms with E-state index in [4.69, 9.17) is 9.47 Å². The van der Waals surface area contributed by atoms with Gasteiger partial charge < -0.3 is 9.47 Å². The van der Waals surface area contributed by atoms with Crippen LogP contribution in [0.25, 0.3) is 0 Å². The predicted molar refractivity (Wildman–Crippen MR) is 76.7 cm³/mol. The average molecular weight is 281 g/mol. The molecule has 0 aromatic rings. The molecule has 4 heteroatoms. The molecule has 20 heavy (non-hydrogen) atoms. The molecule has 0 saturated carbocycles. The normalized spacial score (nSPS) is 35.0. The van der Waals surface area contributed by atoms with Crippen LogP contribution in [0.4, 0.5) is 0 Å². The van der Waals surface area contributed by atoms with E-state index in [0.29, 0.717) is 11.8 Å². The molecule has 0 aliphatic carbocycles. The first kappa shape index (κ1) is 14.5. The lowest BCUT2D eigenvalue weighted by Crippen LogP contribution is -2.53. The van der Waals surface area contributed by atoms with Crippen molar-refractivity contribution in [2.24, 2.45) is 5.92 Å². The first-order valence-electron chi connectivity index (χ1n) is 8.15. The number of carbonyl (C=O) groups excluding carboxylic acids is 1. The zero-order valence-electron chi connectivity index (χ0n) is 12.6. The highest BCUT2D eigenvalue weighted by atomic mass is 16.5. The maximum Gasteiger partial charge on any atom is 0.134 e. The summed E-state index contributed by atoms with van der Waals surface area (Å²) >= 11 is 0. The summed E-state index contributed by atoms with van der Waals surface area (Å²) in [5.41, 5.74) is 0.0599. The highest BCUT2D eigenvalue weighted by molar-refractivity contribution is 5.78. The van der Waals surface area contributed by atoms with Crippen molar-refractivity contribution in [3.8, 4) is 0 Å². The van der Waals surface area contributed by atoms with E-state index >= 15 is 0 Å². The summed E-state index contributed by atoms with van der Waals surface area (Å²) in [5, 5.41) is 0. The molecule has 0 aromatic carbocycles. The molecule has 3 fully saturated rings. The quantitative estimate of drug-likeness (QED) is 0.776. The van der Waals surface area contributed by atoms with Crippen molar-refractivity contribution >= 4 is 5.78 Å². The number of ketones is 1. The molecule has 0 aromatic heterocycles. The van der Waals surface area contributed by atoms with Crippen LogP contribution in [0, 0.1) is 5.92 Å². The van der Waals surface area contributed by atoms with Crippen molar-refractivity contribution in [1.29, 1.82) is 0 Å². The minimum Gasteiger partial charge on any atom is -0.381 e. The summed E-state index contributed by atoms with van der Waals surface area (Å²) in [4.78, 5) is 14.2. The standard InChI is InChI=1S/C16H27NO3/c1-13(18)14-3-2-7-17(12-14)15-4-8-20-16(11-15)5-9-19-10-6-16/h14-15H,2-12H2,1H3. The van der Waals surface area contributed by atoms with Gasteiger partial charge in [0.25, 0.3) is 0 Å². The lowest BCUT2D eigenvalue weighted by Gasteiger charge is -2.48. The van der Waals surface area contributed by atoms with Gasteiger partial charge in [0.1, 0.15) is 5.78 Å². The Kier molecular flexibility index (Phi) is 4.43. The van der Waals surface area contributed by atoms with Gasteiger partial charge in [-0.3, -0.25) is 9.69 Å². The molecule has 3 rings (SSSR count). The zero-order chi connectivity index (χ0) is 14.0. The molecule has 3 aliphatic rings. The largest absolute Gasteiger partial charge is 0.381 e. The minimum absolute atomic E-state index is 0.0599. The van der Waals surface area contributed by atoms with Gasteiger partial charge in [-0.05, 0) is 52.0 Å². The third kappa shape index (κ3) is 3.07. The van der Waals surface area contributed by atoms with Crippen molar-refractivity contribution in [2.45, 2.75) is 57.1 Å². The molecular weight excluding hydrogens is 254 g/mol. The van der Waals surface area contributed by atoms with E-state index in [0.717, 1.165) is 71.4 Å². The Labute approximate surface area is 121 Å². The molecule has 2 atom stereocenters. The number of Topliss-reactive ketones (excluding diaryl/α,β-unsaturated/α-hetero) is 1. The summed E-state index contributed by atoms with van der Waals surface area (Å²) in [6.07, 6.45) is 6.56. The molecule has 1 spiro atoms. The van der Waals surface area contributed by atoms with Crippen LogP contribution < -0.4 is 0 Å². The Morgan fingerprint density at radius 3 is 2.75 bits per heavy atom. The summed E-state index contributed by atoms with van der Waals surface area (Å²) in [6, 6.07) is 0.601. The fraction of sp³-hybridized carbons (Fsp3) is 0.938. The van der Waals surface area contributed by atoms with Gasteiger partial charge in [-0.1, -0.05) is 0 Å². The van der Waals surface area contributed by atoms with Gasteiger partial charge in [-0.25, -0.2) is 0 Å². The molecule has 3 saturated heterocycles. The van der Waals surface area contributed by atoms with E-state index in [-0.39, 0.29) is 11.5 Å². The molecule has 0 bridgehead atoms. The van der Waals surface area contributed by atoms with Crippen LogP contribution in [0.5, 0.6) is 0 Å². The van der Waals surface area contributed by atoms with Crippen molar-refractivity contribution in [1.82, 2.24) is 4.90 Å². The fourth-order valence-corrected chi connectivity index (χ4v) is 4.08. The first-order chi connectivity index (χ1) is 9.69. The van der Waals surface area contributed by atoms with Gasteiger partial charge >= 0.3 is 0 Å². The molecule has 0 radical (unpaired) electrons. The van der Waals surface area contributed by atoms with Crippen LogP contribution >= 0.6 is 0 Å². The number of hydrogen-bond donors (Lipinski definition) is 0. The molecule has 0 N–H and O–H groups in total. The Hall–Kier alpha value is -0.450. The Morgan fingerprint density at radius 1 is 1.20 bits per heavy atom. The van der Waals surface area contributed by atoms with E-state index in [2.05, 4.69) is 4.90 Å². The monoisotopic (exact) mass is 281 g/mol. The number of likely N-dealkylation sites (tertiary alicyclic amines) is 1. The van der Waals surface area contributed by atoms with E-state index in [9.17, 15) is 4.79 Å². The summed E-state index contributed by atoms with van der Waals surface area (Å²) in [6.45, 7) is 6.41. The number of rotatable bonds is 2. The number of carbonyl (C=O) groups is 1. The molecule has 3 heterocycles. The van der Waals surface area contributed by atoms with Crippen LogP contribution in [0.3, 0.4) is 0 Å². The van der Waals surface area contributed by atoms with Crippen LogP contribution in [0.15, 0.2) is 0 Å². The average Bonchev–Trinajstić information content (AvgIpc) is 2.48. The van der Waals surface area contributed by atoms with Gasteiger partial charge in [0, 0.05) is 38.3 Å². The minimum atomic E-state index is 0.0599. The number of ether oxygens (including phenoxy) is 2. The van der Waals surface area contributed by atoms with E-state index in [1.54, 1.807) is 6.92 Å². The lowest BCUT2D eigenvalue weighted by atomic mass is 9.82. The Balaban J connectivity index is 1.62. The maximum absolute atomic E-state index is 11.7. The Bertz CT molecular complexity index is 346. The summed E-state index contributed by atoms with van der Waals surface area (Å²) in [5.74, 6) is 0.625. The van der Waals surface area contributed by atoms with Crippen LogP contribution in [0.2, 0.25) is 0 Å². The highest BCUT2D eigenvalue weighted by Crippen LogP contribution is 2.37. The second-order valence-corrected chi connectivity index (χ2v) is 6.74. The molecule has 4 nitrogen and oxygen atoms in total. The lowest BCUT2D eigenvalue weighted by molar-refractivity contribution is -0.154. The van der Waals surface area contributed by atoms with Crippen LogP contribution in [-0.2, 0) is 14.3 Å². The van der Waals surface area contributed by atoms with Gasteiger partial charge in [0.05, 0.1) is 5.60 Å². The first-order valence-corrected chi connectivity index (χ1v) is 8.15. The molecule has 3 aliphatic heterocycles. The maximum atomic E-state index is 11.7. The number of nitrogens with zero attached hydrogens (tertiary/aromatic N) is 1. The molecular formula is C16H27NO3. The fourth-order valence-electron chi connectivity index (χ4n) is 4.08. The van der Waals surface area contributed by atoms with Gasteiger partial charge in [0.2, 0.25) is 0 Å². The van der Waals surface area contributed by atoms with Gasteiger partial charge in [-0.15, -0.1) is 0 Å². The summed E-state index contributed by atoms with van der Waals surface area (Å²) < 4.78 is 11.6. The van der Waals surface area contributed by atoms with Crippen molar-refractivity contribution in [2.75, 3.05) is 32.9 Å². The third-order valence-corrected chi connectivity index (χ3v) is 5.42. The van der Waals surface area contributed by atoms with E-state index in [1.807, 2.05) is 0 Å². The van der Waals surface area contributed by atoms with E-state index < -0.39 is 0 Å². The summed E-state index contributed by atoms with van der Waals surface area (Å²) in [7, 11) is 0. The number of piperidine rings is 1. The molecule has 0 amide bonds. The third-order valence-electron chi connectivity index (χ3n) is 5.42. The smallest absolute Gasteiger partial charge is 0.134 e. The Morgan fingerprint density at radius 2 is 2.00 bits per heavy atom. The zero-order valence-corrected chi connectivity index (χ0v) is 12.6. The highest BCUT2D eigenvalue weighted by Gasteiger charge is 2.41. The predicted octanol–water partition coefficient (Wildman–Crippen LogP) is 2.02. The van der Waals surface area contributed by atoms with Crippen molar-refractivity contribution < 1.29 is 14.3 Å². The second kappa shape index (κ2) is 6.12. The van der Waals surface area contributed by atoms with E-state index in [1.165, 1.54) is 0 Å². The van der Waals surface area contributed by atoms with Crippen molar-refractivity contribution in [3.63, 3.8) is 0 Å². The second-order valence-electron chi connectivity index (χ2n) is 6.74. The topological polar surface area (TPSA) is 38.8 Å². The van der Waals surface area contributed by atoms with Crippen LogP contribution in [-0.4, -0.2) is 55.2 Å². The van der Waals surface area contributed by atoms with Crippen molar-refractivity contribution in [3.05, 3.63) is 0 Å². The number of hydrogen-bond acceptors (Lipinski definition) is 4. The SMILES string of the molecule is CC(=O)C1CCCN(C2CCOC3(CCOCC3)C2)C1. The van der Waals surface area contributed by atoms with Crippen LogP contribution in [0.1, 0.15) is 45.4 Å². The molecule has 114 valence electrons. The molecule has 2 unspecified atom stereocenters.